The number of benzene rings is 1. The molecule has 1 aromatic carbocycles. The SMILES string of the molecule is CCNC(CCO)CS(=O)(=O)c1ccc(F)cc1. The highest BCUT2D eigenvalue weighted by atomic mass is 32.2. The van der Waals surface area contributed by atoms with Crippen molar-refractivity contribution in [3.8, 4) is 0 Å². The van der Waals surface area contributed by atoms with Gasteiger partial charge in [-0.25, -0.2) is 12.8 Å². The maximum Gasteiger partial charge on any atom is 0.179 e. The first-order valence-corrected chi connectivity index (χ1v) is 7.47. The van der Waals surface area contributed by atoms with Gasteiger partial charge < -0.3 is 10.4 Å². The van der Waals surface area contributed by atoms with Gasteiger partial charge in [0.25, 0.3) is 0 Å². The normalized spacial score (nSPS) is 13.5. The van der Waals surface area contributed by atoms with E-state index < -0.39 is 15.7 Å². The van der Waals surface area contributed by atoms with Crippen molar-refractivity contribution in [1.29, 1.82) is 0 Å². The van der Waals surface area contributed by atoms with E-state index in [2.05, 4.69) is 5.32 Å². The first-order valence-electron chi connectivity index (χ1n) is 5.82. The Morgan fingerprint density at radius 1 is 1.33 bits per heavy atom. The zero-order valence-electron chi connectivity index (χ0n) is 10.3. The van der Waals surface area contributed by atoms with Gasteiger partial charge in [0.15, 0.2) is 9.84 Å². The molecule has 0 saturated carbocycles. The summed E-state index contributed by atoms with van der Waals surface area (Å²) in [5.74, 6) is -0.569. The second-order valence-corrected chi connectivity index (χ2v) is 6.04. The molecule has 0 saturated heterocycles. The van der Waals surface area contributed by atoms with E-state index in [0.717, 1.165) is 12.1 Å². The molecule has 0 spiro atoms. The zero-order valence-corrected chi connectivity index (χ0v) is 11.1. The molecule has 6 heteroatoms. The Morgan fingerprint density at radius 2 is 1.94 bits per heavy atom. The molecule has 1 aromatic rings. The summed E-state index contributed by atoms with van der Waals surface area (Å²) in [5, 5.41) is 11.9. The smallest absolute Gasteiger partial charge is 0.179 e. The molecule has 102 valence electrons. The average molecular weight is 275 g/mol. The summed E-state index contributed by atoms with van der Waals surface area (Å²) in [7, 11) is -3.46. The van der Waals surface area contributed by atoms with Crippen LogP contribution in [-0.4, -0.2) is 38.5 Å². The quantitative estimate of drug-likeness (QED) is 0.727. The van der Waals surface area contributed by atoms with Gasteiger partial charge in [-0.15, -0.1) is 0 Å². The maximum absolute atomic E-state index is 12.7. The van der Waals surface area contributed by atoms with Crippen LogP contribution in [-0.2, 0) is 9.84 Å². The minimum absolute atomic E-state index is 0.0728. The molecule has 0 amide bonds. The first kappa shape index (κ1) is 15.1. The minimum Gasteiger partial charge on any atom is -0.396 e. The van der Waals surface area contributed by atoms with Crippen LogP contribution in [0.1, 0.15) is 13.3 Å². The van der Waals surface area contributed by atoms with E-state index in [4.69, 9.17) is 5.11 Å². The molecule has 0 heterocycles. The highest BCUT2D eigenvalue weighted by Crippen LogP contribution is 2.13. The summed E-state index contributed by atoms with van der Waals surface area (Å²) in [6, 6.07) is 4.47. The molecule has 1 rings (SSSR count). The van der Waals surface area contributed by atoms with Crippen LogP contribution in [0.3, 0.4) is 0 Å². The van der Waals surface area contributed by atoms with Gasteiger partial charge in [-0.3, -0.25) is 0 Å². The van der Waals surface area contributed by atoms with Gasteiger partial charge in [0.1, 0.15) is 5.82 Å². The number of rotatable bonds is 7. The highest BCUT2D eigenvalue weighted by molar-refractivity contribution is 7.91. The van der Waals surface area contributed by atoms with Crippen LogP contribution in [0.5, 0.6) is 0 Å². The van der Waals surface area contributed by atoms with Crippen molar-refractivity contribution in [3.63, 3.8) is 0 Å². The first-order chi connectivity index (χ1) is 8.49. The molecule has 1 atom stereocenters. The predicted octanol–water partition coefficient (Wildman–Crippen LogP) is 0.960. The summed E-state index contributed by atoms with van der Waals surface area (Å²) in [6.45, 7) is 2.43. The largest absolute Gasteiger partial charge is 0.396 e. The van der Waals surface area contributed by atoms with E-state index in [1.165, 1.54) is 12.1 Å². The standard InChI is InChI=1S/C12H18FNO3S/c1-2-14-11(7-8-15)9-18(16,17)12-5-3-10(13)4-6-12/h3-6,11,14-15H,2,7-9H2,1H3. The van der Waals surface area contributed by atoms with E-state index >= 15 is 0 Å². The number of hydrogen-bond acceptors (Lipinski definition) is 4. The van der Waals surface area contributed by atoms with Crippen molar-refractivity contribution < 1.29 is 17.9 Å². The third-order valence-corrected chi connectivity index (χ3v) is 4.40. The molecule has 0 fully saturated rings. The number of halogens is 1. The van der Waals surface area contributed by atoms with Crippen molar-refractivity contribution in [2.75, 3.05) is 18.9 Å². The third-order valence-electron chi connectivity index (χ3n) is 2.56. The Kier molecular flexibility index (Phi) is 5.71. The predicted molar refractivity (Wildman–Crippen MR) is 67.6 cm³/mol. The second kappa shape index (κ2) is 6.82. The fourth-order valence-corrected chi connectivity index (χ4v) is 3.25. The topological polar surface area (TPSA) is 66.4 Å². The maximum atomic E-state index is 12.7. The number of nitrogens with one attached hydrogen (secondary N) is 1. The van der Waals surface area contributed by atoms with Crippen LogP contribution in [0.15, 0.2) is 29.2 Å². The lowest BCUT2D eigenvalue weighted by Gasteiger charge is -2.16. The van der Waals surface area contributed by atoms with Crippen molar-refractivity contribution in [1.82, 2.24) is 5.32 Å². The van der Waals surface area contributed by atoms with Crippen LogP contribution in [0.4, 0.5) is 4.39 Å². The molecule has 2 N–H and O–H groups in total. The minimum atomic E-state index is -3.46. The Bertz CT molecular complexity index is 453. The van der Waals surface area contributed by atoms with E-state index in [1.807, 2.05) is 6.92 Å². The lowest BCUT2D eigenvalue weighted by Crippen LogP contribution is -2.36. The van der Waals surface area contributed by atoms with Crippen molar-refractivity contribution >= 4 is 9.84 Å². The van der Waals surface area contributed by atoms with Crippen LogP contribution in [0, 0.1) is 5.82 Å². The van der Waals surface area contributed by atoms with Gasteiger partial charge in [-0.2, -0.15) is 0 Å². The molecule has 1 unspecified atom stereocenters. The molecule has 0 aliphatic carbocycles. The lowest BCUT2D eigenvalue weighted by atomic mass is 10.2. The van der Waals surface area contributed by atoms with Gasteiger partial charge in [0, 0.05) is 12.6 Å². The molecule has 4 nitrogen and oxygen atoms in total. The molecule has 0 aliphatic rings. The molecule has 18 heavy (non-hydrogen) atoms. The monoisotopic (exact) mass is 275 g/mol. The van der Waals surface area contributed by atoms with E-state index in [-0.39, 0.29) is 23.3 Å². The van der Waals surface area contributed by atoms with Crippen LogP contribution < -0.4 is 5.32 Å². The average Bonchev–Trinajstić information content (AvgIpc) is 2.29. The van der Waals surface area contributed by atoms with Gasteiger partial charge in [0.05, 0.1) is 10.6 Å². The summed E-state index contributed by atoms with van der Waals surface area (Å²) in [5.41, 5.74) is 0. The number of sulfone groups is 1. The van der Waals surface area contributed by atoms with Crippen LogP contribution in [0.25, 0.3) is 0 Å². The van der Waals surface area contributed by atoms with E-state index in [9.17, 15) is 12.8 Å². The molecule has 0 aliphatic heterocycles. The van der Waals surface area contributed by atoms with Crippen molar-refractivity contribution in [2.45, 2.75) is 24.3 Å². The summed E-state index contributed by atoms with van der Waals surface area (Å²) in [4.78, 5) is 0.102. The second-order valence-electron chi connectivity index (χ2n) is 4.00. The highest BCUT2D eigenvalue weighted by Gasteiger charge is 2.20. The Morgan fingerprint density at radius 3 is 2.44 bits per heavy atom. The summed E-state index contributed by atoms with van der Waals surface area (Å²) >= 11 is 0. The van der Waals surface area contributed by atoms with Gasteiger partial charge in [-0.1, -0.05) is 6.92 Å². The fraction of sp³-hybridized carbons (Fsp3) is 0.500. The fourth-order valence-electron chi connectivity index (χ4n) is 1.69. The third kappa shape index (κ3) is 4.36. The van der Waals surface area contributed by atoms with Crippen molar-refractivity contribution in [2.24, 2.45) is 0 Å². The zero-order chi connectivity index (χ0) is 13.6. The Hall–Kier alpha value is -0.980. The number of hydrogen-bond donors (Lipinski definition) is 2. The van der Waals surface area contributed by atoms with E-state index in [1.54, 1.807) is 0 Å². The molecular weight excluding hydrogens is 257 g/mol. The van der Waals surface area contributed by atoms with Crippen LogP contribution >= 0.6 is 0 Å². The van der Waals surface area contributed by atoms with Gasteiger partial charge in [-0.05, 0) is 37.2 Å². The molecular formula is C12H18FNO3S. The van der Waals surface area contributed by atoms with Crippen LogP contribution in [0.2, 0.25) is 0 Å². The van der Waals surface area contributed by atoms with Gasteiger partial charge in [0.2, 0.25) is 0 Å². The summed E-state index contributed by atoms with van der Waals surface area (Å²) < 4.78 is 36.9. The Labute approximate surface area is 107 Å². The molecule has 0 bridgehead atoms. The molecule has 0 radical (unpaired) electrons. The van der Waals surface area contributed by atoms with Crippen molar-refractivity contribution in [3.05, 3.63) is 30.1 Å². The van der Waals surface area contributed by atoms with E-state index in [0.29, 0.717) is 13.0 Å². The summed E-state index contributed by atoms with van der Waals surface area (Å²) in [6.07, 6.45) is 0.369. The molecule has 0 aromatic heterocycles. The lowest BCUT2D eigenvalue weighted by molar-refractivity contribution is 0.270. The van der Waals surface area contributed by atoms with Gasteiger partial charge >= 0.3 is 0 Å². The number of aliphatic hydroxyl groups is 1. The Balaban J connectivity index is 2.82. The number of aliphatic hydroxyl groups excluding tert-OH is 1.